The maximum Gasteiger partial charge on any atom is 0.460 e. The molecule has 12 heavy (non-hydrogen) atoms. The third-order valence-corrected chi connectivity index (χ3v) is 1.84. The van der Waals surface area contributed by atoms with Crippen LogP contribution in [0.4, 0.5) is 0 Å². The van der Waals surface area contributed by atoms with Crippen molar-refractivity contribution in [3.63, 3.8) is 0 Å². The molecule has 0 aliphatic heterocycles. The second-order valence-corrected chi connectivity index (χ2v) is 3.26. The first kappa shape index (κ1) is 11.2. The number of aliphatic hydroxyl groups excluding tert-OH is 1. The first-order valence-electron chi connectivity index (χ1n) is 3.13. The van der Waals surface area contributed by atoms with E-state index in [9.17, 15) is 14.2 Å². The fourth-order valence-electron chi connectivity index (χ4n) is 0.451. The topological polar surface area (TPSA) is 104 Å². The Morgan fingerprint density at radius 2 is 2.00 bits per heavy atom. The van der Waals surface area contributed by atoms with E-state index in [1.807, 2.05) is 0 Å². The van der Waals surface area contributed by atoms with E-state index in [1.165, 1.54) is 0 Å². The van der Waals surface area contributed by atoms with Gasteiger partial charge in [0.05, 0.1) is 0 Å². The summed E-state index contributed by atoms with van der Waals surface area (Å²) in [6.45, 7) is 0.000890. The zero-order valence-electron chi connectivity index (χ0n) is 6.19. The SMILES string of the molecule is O=C(O)C(=O)CCN[P+](=O)CO. The molecule has 0 aromatic carbocycles. The predicted molar refractivity (Wildman–Crippen MR) is 40.0 cm³/mol. The molecule has 6 nitrogen and oxygen atoms in total. The van der Waals surface area contributed by atoms with Gasteiger partial charge >= 0.3 is 13.9 Å². The van der Waals surface area contributed by atoms with Crippen LogP contribution in [0.1, 0.15) is 6.42 Å². The van der Waals surface area contributed by atoms with Crippen LogP contribution < -0.4 is 5.09 Å². The fraction of sp³-hybridized carbons (Fsp3) is 0.600. The molecule has 68 valence electrons. The summed E-state index contributed by atoms with van der Waals surface area (Å²) < 4.78 is 10.5. The van der Waals surface area contributed by atoms with Gasteiger partial charge in [-0.1, -0.05) is 0 Å². The average Bonchev–Trinajstić information content (AvgIpc) is 2.03. The molecule has 0 bridgehead atoms. The van der Waals surface area contributed by atoms with Crippen molar-refractivity contribution in [3.05, 3.63) is 0 Å². The monoisotopic (exact) mass is 194 g/mol. The molecule has 0 saturated carbocycles. The van der Waals surface area contributed by atoms with Crippen molar-refractivity contribution < 1.29 is 24.4 Å². The number of aliphatic carboxylic acids is 1. The maximum atomic E-state index is 10.5. The summed E-state index contributed by atoms with van der Waals surface area (Å²) in [5, 5.41) is 18.7. The molecule has 0 fully saturated rings. The Hall–Kier alpha value is -0.840. The minimum Gasteiger partial charge on any atom is -0.476 e. The Bertz CT molecular complexity index is 204. The van der Waals surface area contributed by atoms with E-state index in [0.717, 1.165) is 0 Å². The van der Waals surface area contributed by atoms with Crippen LogP contribution in [0.15, 0.2) is 0 Å². The normalized spacial score (nSPS) is 10.9. The molecular weight excluding hydrogens is 185 g/mol. The number of hydrogen-bond acceptors (Lipinski definition) is 4. The van der Waals surface area contributed by atoms with Gasteiger partial charge in [0.15, 0.2) is 0 Å². The van der Waals surface area contributed by atoms with Crippen LogP contribution in [-0.2, 0) is 14.2 Å². The van der Waals surface area contributed by atoms with Gasteiger partial charge in [-0.3, -0.25) is 4.79 Å². The highest BCUT2D eigenvalue weighted by Crippen LogP contribution is 2.09. The molecule has 0 aromatic rings. The number of carbonyl (C=O) groups excluding carboxylic acids is 1. The van der Waals surface area contributed by atoms with Crippen molar-refractivity contribution >= 4 is 19.7 Å². The molecule has 1 unspecified atom stereocenters. The molecular formula is C5H9NO5P+. The number of carbonyl (C=O) groups is 2. The van der Waals surface area contributed by atoms with Crippen molar-refractivity contribution in [2.45, 2.75) is 6.42 Å². The summed E-state index contributed by atoms with van der Waals surface area (Å²) >= 11 is 0. The van der Waals surface area contributed by atoms with Gasteiger partial charge in [-0.15, -0.1) is 5.09 Å². The highest BCUT2D eigenvalue weighted by molar-refractivity contribution is 7.42. The van der Waals surface area contributed by atoms with Crippen LogP contribution in [0, 0.1) is 0 Å². The average molecular weight is 194 g/mol. The zero-order chi connectivity index (χ0) is 9.56. The van der Waals surface area contributed by atoms with Crippen LogP contribution in [-0.4, -0.2) is 34.9 Å². The maximum absolute atomic E-state index is 10.5. The summed E-state index contributed by atoms with van der Waals surface area (Å²) in [6.07, 6.45) is -0.743. The van der Waals surface area contributed by atoms with E-state index in [2.05, 4.69) is 5.09 Å². The summed E-state index contributed by atoms with van der Waals surface area (Å²) in [5.41, 5.74) is 0. The molecule has 0 aliphatic carbocycles. The van der Waals surface area contributed by atoms with Crippen molar-refractivity contribution in [2.24, 2.45) is 0 Å². The van der Waals surface area contributed by atoms with E-state index >= 15 is 0 Å². The molecule has 0 heterocycles. The lowest BCUT2D eigenvalue weighted by Gasteiger charge is -1.90. The quantitative estimate of drug-likeness (QED) is 0.382. The number of nitrogens with one attached hydrogen (secondary N) is 1. The van der Waals surface area contributed by atoms with Gasteiger partial charge in [0, 0.05) is 13.0 Å². The molecule has 0 radical (unpaired) electrons. The van der Waals surface area contributed by atoms with Gasteiger partial charge in [-0.2, -0.15) is 0 Å². The van der Waals surface area contributed by atoms with Crippen LogP contribution in [0.3, 0.4) is 0 Å². The van der Waals surface area contributed by atoms with Gasteiger partial charge in [0.1, 0.15) is 0 Å². The van der Waals surface area contributed by atoms with Gasteiger partial charge in [-0.25, -0.2) is 4.79 Å². The molecule has 0 aliphatic rings. The number of rotatable bonds is 6. The fourth-order valence-corrected chi connectivity index (χ4v) is 0.912. The Labute approximate surface area is 69.4 Å². The number of ketones is 1. The summed E-state index contributed by atoms with van der Waals surface area (Å²) in [4.78, 5) is 20.4. The van der Waals surface area contributed by atoms with Crippen LogP contribution in [0.25, 0.3) is 0 Å². The van der Waals surface area contributed by atoms with Crippen molar-refractivity contribution in [3.8, 4) is 0 Å². The van der Waals surface area contributed by atoms with Crippen molar-refractivity contribution in [2.75, 3.05) is 12.9 Å². The van der Waals surface area contributed by atoms with E-state index in [4.69, 9.17) is 10.2 Å². The third kappa shape index (κ3) is 4.90. The molecule has 0 rings (SSSR count). The molecule has 7 heteroatoms. The Balaban J connectivity index is 3.50. The van der Waals surface area contributed by atoms with Crippen molar-refractivity contribution in [1.82, 2.24) is 5.09 Å². The highest BCUT2D eigenvalue weighted by Gasteiger charge is 2.15. The van der Waals surface area contributed by atoms with Gasteiger partial charge < -0.3 is 10.2 Å². The van der Waals surface area contributed by atoms with Crippen LogP contribution >= 0.6 is 7.95 Å². The first-order chi connectivity index (χ1) is 5.57. The molecule has 3 N–H and O–H groups in total. The minimum atomic E-state index is -1.92. The number of aliphatic hydroxyl groups is 1. The summed E-state index contributed by atoms with van der Waals surface area (Å²) in [6, 6.07) is 0. The lowest BCUT2D eigenvalue weighted by molar-refractivity contribution is -0.149. The van der Waals surface area contributed by atoms with Crippen molar-refractivity contribution in [1.29, 1.82) is 0 Å². The molecule has 0 spiro atoms. The summed E-state index contributed by atoms with van der Waals surface area (Å²) in [5.74, 6) is -2.44. The zero-order valence-corrected chi connectivity index (χ0v) is 7.08. The third-order valence-electron chi connectivity index (χ3n) is 1.01. The minimum absolute atomic E-state index is 0.000890. The van der Waals surface area contributed by atoms with E-state index in [0.29, 0.717) is 0 Å². The van der Waals surface area contributed by atoms with E-state index in [-0.39, 0.29) is 13.0 Å². The van der Waals surface area contributed by atoms with E-state index in [1.54, 1.807) is 0 Å². The van der Waals surface area contributed by atoms with Crippen LogP contribution in [0.2, 0.25) is 0 Å². The molecule has 0 saturated heterocycles. The van der Waals surface area contributed by atoms with Gasteiger partial charge in [-0.05, 0) is 4.57 Å². The largest absolute Gasteiger partial charge is 0.476 e. The number of hydrogen-bond donors (Lipinski definition) is 3. The Morgan fingerprint density at radius 3 is 2.42 bits per heavy atom. The number of carboxylic acids is 1. The molecule has 0 amide bonds. The Morgan fingerprint density at radius 1 is 1.42 bits per heavy atom. The second kappa shape index (κ2) is 5.77. The molecule has 0 aromatic heterocycles. The van der Waals surface area contributed by atoms with Gasteiger partial charge in [0.25, 0.3) is 6.35 Å². The lowest BCUT2D eigenvalue weighted by atomic mass is 10.3. The highest BCUT2D eigenvalue weighted by atomic mass is 31.1. The summed E-state index contributed by atoms with van der Waals surface area (Å²) in [7, 11) is -1.92. The predicted octanol–water partition coefficient (Wildman–Crippen LogP) is -0.688. The first-order valence-corrected chi connectivity index (χ1v) is 4.57. The number of carboxylic acid groups (broad SMARTS) is 1. The Kier molecular flexibility index (Phi) is 5.36. The standard InChI is InChI=1S/C5H8NO5P/c7-3-12(11)6-2-1-4(8)5(9)10/h7H,1-3H2,(H-,6,9,10,11)/p+1. The second-order valence-electron chi connectivity index (χ2n) is 1.91. The lowest BCUT2D eigenvalue weighted by Crippen LogP contribution is -2.18. The van der Waals surface area contributed by atoms with Gasteiger partial charge in [0.2, 0.25) is 5.78 Å². The van der Waals surface area contributed by atoms with E-state index < -0.39 is 26.1 Å². The molecule has 1 atom stereocenters. The number of Topliss-reactive ketones (excluding diaryl/α,β-unsaturated/α-hetero) is 1. The smallest absolute Gasteiger partial charge is 0.460 e. The van der Waals surface area contributed by atoms with Crippen LogP contribution in [0.5, 0.6) is 0 Å².